The molecule has 0 saturated carbocycles. The number of nitrogens with zero attached hydrogens (tertiary/aromatic N) is 1. The van der Waals surface area contributed by atoms with Gasteiger partial charge in [-0.15, -0.1) is 0 Å². The summed E-state index contributed by atoms with van der Waals surface area (Å²) in [6.07, 6.45) is 1.45. The molecule has 3 unspecified atom stereocenters. The molecular weight excluding hydrogens is 414 g/mol. The van der Waals surface area contributed by atoms with Gasteiger partial charge in [0.15, 0.2) is 0 Å². The Balaban J connectivity index is 1.75. The van der Waals surface area contributed by atoms with Crippen molar-refractivity contribution in [1.82, 2.24) is 0 Å². The number of hydrogen-bond acceptors (Lipinski definition) is 5. The third-order valence-corrected chi connectivity index (χ3v) is 5.78. The Morgan fingerprint density at radius 2 is 1.94 bits per heavy atom. The van der Waals surface area contributed by atoms with Crippen molar-refractivity contribution in [1.29, 1.82) is 0 Å². The molecule has 0 radical (unpaired) electrons. The Morgan fingerprint density at radius 1 is 1.19 bits per heavy atom. The van der Waals surface area contributed by atoms with E-state index in [2.05, 4.69) is 36.3 Å². The van der Waals surface area contributed by atoms with Crippen LogP contribution in [-0.4, -0.2) is 40.8 Å². The normalized spacial score (nSPS) is 22.0. The van der Waals surface area contributed by atoms with Crippen LogP contribution in [0.2, 0.25) is 5.02 Å². The lowest BCUT2D eigenvalue weighted by molar-refractivity contribution is -0.113. The van der Waals surface area contributed by atoms with E-state index in [0.717, 1.165) is 34.4 Å². The molecule has 168 valence electrons. The van der Waals surface area contributed by atoms with Crippen molar-refractivity contribution in [3.8, 4) is 0 Å². The second kappa shape index (κ2) is 11.1. The van der Waals surface area contributed by atoms with Crippen LogP contribution < -0.4 is 0 Å². The Morgan fingerprint density at radius 3 is 2.58 bits per heavy atom. The Labute approximate surface area is 189 Å². The maximum absolute atomic E-state index is 10.1. The summed E-state index contributed by atoms with van der Waals surface area (Å²) < 4.78 is 5.95. The summed E-state index contributed by atoms with van der Waals surface area (Å²) in [7, 11) is 0. The quantitative estimate of drug-likeness (QED) is 0.441. The van der Waals surface area contributed by atoms with Gasteiger partial charge < -0.3 is 19.8 Å². The van der Waals surface area contributed by atoms with Gasteiger partial charge in [-0.3, -0.25) is 0 Å². The van der Waals surface area contributed by atoms with Gasteiger partial charge in [-0.05, 0) is 55.0 Å². The van der Waals surface area contributed by atoms with E-state index < -0.39 is 6.10 Å². The predicted octanol–water partition coefficient (Wildman–Crippen LogP) is 5.04. The third kappa shape index (κ3) is 6.53. The van der Waals surface area contributed by atoms with Gasteiger partial charge in [-0.1, -0.05) is 60.1 Å². The summed E-state index contributed by atoms with van der Waals surface area (Å²) in [6, 6.07) is 14.2. The summed E-state index contributed by atoms with van der Waals surface area (Å²) in [5, 5.41) is 24.5. The van der Waals surface area contributed by atoms with E-state index >= 15 is 0 Å². The fraction of sp³-hybridized carbons (Fsp3) is 0.480. The molecule has 0 bridgehead atoms. The smallest absolute Gasteiger partial charge is 0.122 e. The van der Waals surface area contributed by atoms with Crippen LogP contribution in [0.1, 0.15) is 68.4 Å². The Hall–Kier alpha value is -1.92. The highest BCUT2D eigenvalue weighted by molar-refractivity contribution is 6.31. The van der Waals surface area contributed by atoms with E-state index in [1.54, 1.807) is 0 Å². The SMILES string of the molecule is CC/C(=N\OC(C)C)c1ccc(Cc2cc(C3CC(O)CC(CO)O3)ccc2Cl)cc1. The van der Waals surface area contributed by atoms with E-state index in [1.807, 2.05) is 32.0 Å². The maximum Gasteiger partial charge on any atom is 0.122 e. The molecule has 1 fully saturated rings. The van der Waals surface area contributed by atoms with E-state index in [9.17, 15) is 10.2 Å². The lowest BCUT2D eigenvalue weighted by Crippen LogP contribution is -2.33. The van der Waals surface area contributed by atoms with Crippen LogP contribution in [0.15, 0.2) is 47.6 Å². The highest BCUT2D eigenvalue weighted by atomic mass is 35.5. The zero-order valence-electron chi connectivity index (χ0n) is 18.4. The molecule has 6 heteroatoms. The zero-order chi connectivity index (χ0) is 22.4. The zero-order valence-corrected chi connectivity index (χ0v) is 19.2. The molecule has 2 aromatic carbocycles. The molecule has 5 nitrogen and oxygen atoms in total. The summed E-state index contributed by atoms with van der Waals surface area (Å²) in [6.45, 7) is 5.89. The van der Waals surface area contributed by atoms with Crippen molar-refractivity contribution in [3.05, 3.63) is 69.7 Å². The van der Waals surface area contributed by atoms with Crippen LogP contribution in [0.5, 0.6) is 0 Å². The van der Waals surface area contributed by atoms with Gasteiger partial charge in [-0.2, -0.15) is 0 Å². The van der Waals surface area contributed by atoms with Crippen molar-refractivity contribution in [2.75, 3.05) is 6.61 Å². The van der Waals surface area contributed by atoms with Crippen LogP contribution >= 0.6 is 11.6 Å². The van der Waals surface area contributed by atoms with Gasteiger partial charge >= 0.3 is 0 Å². The minimum atomic E-state index is -0.475. The number of aliphatic hydroxyl groups excluding tert-OH is 2. The first-order valence-corrected chi connectivity index (χ1v) is 11.3. The Bertz CT molecular complexity index is 882. The van der Waals surface area contributed by atoms with E-state index in [1.165, 1.54) is 0 Å². The second-order valence-electron chi connectivity index (χ2n) is 8.32. The first-order valence-electron chi connectivity index (χ1n) is 10.9. The fourth-order valence-electron chi connectivity index (χ4n) is 3.78. The first kappa shape index (κ1) is 23.7. The van der Waals surface area contributed by atoms with Gasteiger partial charge in [0, 0.05) is 17.9 Å². The van der Waals surface area contributed by atoms with Crippen LogP contribution in [-0.2, 0) is 16.0 Å². The standard InChI is InChI=1S/C25H32ClNO4/c1-4-24(27-31-16(2)3)18-7-5-17(6-8-18)11-20-12-19(9-10-23(20)26)25-14-21(29)13-22(15-28)30-25/h5-10,12,16,21-22,25,28-29H,4,11,13-15H2,1-3H3/b27-24+. The van der Waals surface area contributed by atoms with Gasteiger partial charge in [0.25, 0.3) is 0 Å². The highest BCUT2D eigenvalue weighted by Gasteiger charge is 2.29. The number of benzene rings is 2. The topological polar surface area (TPSA) is 71.3 Å². The van der Waals surface area contributed by atoms with Crippen LogP contribution in [0, 0.1) is 0 Å². The number of aliphatic hydroxyl groups is 2. The maximum atomic E-state index is 10.1. The van der Waals surface area contributed by atoms with Crippen LogP contribution in [0.4, 0.5) is 0 Å². The number of halogens is 1. The van der Waals surface area contributed by atoms with Gasteiger partial charge in [-0.25, -0.2) is 0 Å². The van der Waals surface area contributed by atoms with Crippen molar-refractivity contribution in [2.45, 2.75) is 70.9 Å². The molecular formula is C25H32ClNO4. The molecule has 0 amide bonds. The van der Waals surface area contributed by atoms with Crippen LogP contribution in [0.3, 0.4) is 0 Å². The van der Waals surface area contributed by atoms with Crippen molar-refractivity contribution < 1.29 is 19.8 Å². The fourth-order valence-corrected chi connectivity index (χ4v) is 3.96. The summed E-state index contributed by atoms with van der Waals surface area (Å²) in [4.78, 5) is 5.41. The molecule has 3 rings (SSSR count). The lowest BCUT2D eigenvalue weighted by atomic mass is 9.94. The lowest BCUT2D eigenvalue weighted by Gasteiger charge is -2.32. The largest absolute Gasteiger partial charge is 0.394 e. The molecule has 1 aliphatic rings. The molecule has 2 aromatic rings. The molecule has 1 heterocycles. The highest BCUT2D eigenvalue weighted by Crippen LogP contribution is 2.33. The average Bonchev–Trinajstić information content (AvgIpc) is 2.76. The monoisotopic (exact) mass is 445 g/mol. The molecule has 31 heavy (non-hydrogen) atoms. The van der Waals surface area contributed by atoms with E-state index in [0.29, 0.717) is 24.3 Å². The minimum absolute atomic E-state index is 0.0529. The molecule has 0 aromatic heterocycles. The van der Waals surface area contributed by atoms with Gasteiger partial charge in [0.05, 0.1) is 30.6 Å². The molecule has 0 spiro atoms. The summed E-state index contributed by atoms with van der Waals surface area (Å²) in [5.41, 5.74) is 5.09. The minimum Gasteiger partial charge on any atom is -0.394 e. The van der Waals surface area contributed by atoms with E-state index in [-0.39, 0.29) is 24.9 Å². The Kier molecular flexibility index (Phi) is 8.50. The first-order chi connectivity index (χ1) is 14.9. The average molecular weight is 446 g/mol. The number of rotatable bonds is 8. The van der Waals surface area contributed by atoms with Crippen molar-refractivity contribution in [3.63, 3.8) is 0 Å². The molecule has 1 saturated heterocycles. The molecule has 2 N–H and O–H groups in total. The predicted molar refractivity (Wildman–Crippen MR) is 124 cm³/mol. The molecule has 0 aliphatic carbocycles. The summed E-state index contributed by atoms with van der Waals surface area (Å²) in [5.74, 6) is 0. The number of oxime groups is 1. The van der Waals surface area contributed by atoms with Gasteiger partial charge in [0.1, 0.15) is 6.10 Å². The molecule has 3 atom stereocenters. The number of ether oxygens (including phenoxy) is 1. The van der Waals surface area contributed by atoms with Gasteiger partial charge in [0.2, 0.25) is 0 Å². The summed E-state index contributed by atoms with van der Waals surface area (Å²) >= 11 is 6.48. The number of hydrogen-bond donors (Lipinski definition) is 2. The van der Waals surface area contributed by atoms with Crippen LogP contribution in [0.25, 0.3) is 0 Å². The third-order valence-electron chi connectivity index (χ3n) is 5.41. The second-order valence-corrected chi connectivity index (χ2v) is 8.73. The van der Waals surface area contributed by atoms with Crippen molar-refractivity contribution >= 4 is 17.3 Å². The van der Waals surface area contributed by atoms with E-state index in [4.69, 9.17) is 21.2 Å². The van der Waals surface area contributed by atoms with Crippen molar-refractivity contribution in [2.24, 2.45) is 5.16 Å². The molecule has 1 aliphatic heterocycles.